The third kappa shape index (κ3) is 2.40. The van der Waals surface area contributed by atoms with Crippen LogP contribution in [0.2, 0.25) is 0 Å². The monoisotopic (exact) mass is 296 g/mol. The van der Waals surface area contributed by atoms with Gasteiger partial charge in [-0.25, -0.2) is 0 Å². The summed E-state index contributed by atoms with van der Waals surface area (Å²) in [5.74, 6) is 2.07. The van der Waals surface area contributed by atoms with E-state index in [1.54, 1.807) is 0 Å². The minimum atomic E-state index is 0.195. The summed E-state index contributed by atoms with van der Waals surface area (Å²) in [6.07, 6.45) is 0. The smallest absolute Gasteiger partial charge is 0.275 e. The van der Waals surface area contributed by atoms with Crippen LogP contribution in [-0.2, 0) is 5.75 Å². The molecule has 2 aromatic carbocycles. The first-order chi connectivity index (χ1) is 10.4. The lowest BCUT2D eigenvalue weighted by Gasteiger charge is -2.18. The molecular weight excluding hydrogens is 278 g/mol. The highest BCUT2D eigenvalue weighted by Gasteiger charge is 2.28. The van der Waals surface area contributed by atoms with Gasteiger partial charge in [0.25, 0.3) is 0 Å². The molecule has 0 saturated heterocycles. The normalized spacial score (nSPS) is 19.8. The van der Waals surface area contributed by atoms with Gasteiger partial charge < -0.3 is 0 Å². The summed E-state index contributed by atoms with van der Waals surface area (Å²) in [5.41, 5.74) is 4.14. The predicted molar refractivity (Wildman–Crippen MR) is 86.3 cm³/mol. The molecule has 0 bridgehead atoms. The topological polar surface area (TPSA) is 38.0 Å². The number of nitrogens with one attached hydrogen (secondary N) is 3. The van der Waals surface area contributed by atoms with E-state index in [4.69, 9.17) is 0 Å². The average molecular weight is 296 g/mol. The van der Waals surface area contributed by atoms with Crippen molar-refractivity contribution >= 4 is 17.7 Å². The summed E-state index contributed by atoms with van der Waals surface area (Å²) in [7, 11) is 0. The minimum Gasteiger partial charge on any atom is -0.275 e. The quantitative estimate of drug-likeness (QED) is 0.735. The maximum absolute atomic E-state index is 3.65. The molecule has 3 N–H and O–H groups in total. The second-order valence-corrected chi connectivity index (χ2v) is 6.35. The van der Waals surface area contributed by atoms with Gasteiger partial charge in [0.2, 0.25) is 0 Å². The van der Waals surface area contributed by atoms with Crippen molar-refractivity contribution in [3.8, 4) is 0 Å². The van der Waals surface area contributed by atoms with E-state index >= 15 is 0 Å². The van der Waals surface area contributed by atoms with E-state index in [2.05, 4.69) is 64.2 Å². The fraction of sp³-hybridized carbons (Fsp3) is 0.235. The van der Waals surface area contributed by atoms with Crippen molar-refractivity contribution in [3.63, 3.8) is 0 Å². The molecule has 0 spiro atoms. The molecule has 0 fully saturated rings. The van der Waals surface area contributed by atoms with Gasteiger partial charge >= 0.3 is 5.96 Å². The van der Waals surface area contributed by atoms with Crippen LogP contribution in [0.15, 0.2) is 53.4 Å². The fourth-order valence-corrected chi connectivity index (χ4v) is 4.06. The van der Waals surface area contributed by atoms with Gasteiger partial charge in [-0.1, -0.05) is 42.5 Å². The Morgan fingerprint density at radius 2 is 1.86 bits per heavy atom. The summed E-state index contributed by atoms with van der Waals surface area (Å²) in [5, 5.41) is 7.02. The lowest BCUT2D eigenvalue weighted by molar-refractivity contribution is -0.447. The van der Waals surface area contributed by atoms with E-state index in [1.165, 1.54) is 21.6 Å². The van der Waals surface area contributed by atoms with Gasteiger partial charge in [0.1, 0.15) is 6.04 Å². The number of thioether (sulfide) groups is 1. The molecule has 0 aromatic heterocycles. The van der Waals surface area contributed by atoms with Crippen molar-refractivity contribution in [1.29, 1.82) is 0 Å². The fourth-order valence-electron chi connectivity index (χ4n) is 2.96. The highest BCUT2D eigenvalue weighted by atomic mass is 32.2. The van der Waals surface area contributed by atoms with Gasteiger partial charge in [-0.2, -0.15) is 0 Å². The highest BCUT2D eigenvalue weighted by molar-refractivity contribution is 7.98. The molecule has 4 rings (SSSR count). The minimum absolute atomic E-state index is 0.195. The van der Waals surface area contributed by atoms with E-state index in [-0.39, 0.29) is 6.04 Å². The molecule has 106 valence electrons. The zero-order valence-corrected chi connectivity index (χ0v) is 12.5. The van der Waals surface area contributed by atoms with Crippen LogP contribution in [0.1, 0.15) is 22.7 Å². The van der Waals surface area contributed by atoms with Crippen molar-refractivity contribution in [2.75, 3.05) is 13.1 Å². The van der Waals surface area contributed by atoms with Gasteiger partial charge in [-0.05, 0) is 17.2 Å². The predicted octanol–water partition coefficient (Wildman–Crippen LogP) is 1.01. The Morgan fingerprint density at radius 1 is 1.05 bits per heavy atom. The molecule has 2 aliphatic heterocycles. The largest absolute Gasteiger partial charge is 0.344 e. The van der Waals surface area contributed by atoms with Crippen molar-refractivity contribution in [2.45, 2.75) is 16.7 Å². The van der Waals surface area contributed by atoms with Gasteiger partial charge in [-0.3, -0.25) is 15.6 Å². The van der Waals surface area contributed by atoms with Crippen LogP contribution >= 0.6 is 11.8 Å². The number of hydrogen-bond acceptors (Lipinski definition) is 3. The van der Waals surface area contributed by atoms with Crippen molar-refractivity contribution in [3.05, 3.63) is 65.2 Å². The Hall–Kier alpha value is -1.94. The first-order valence-electron chi connectivity index (χ1n) is 7.32. The van der Waals surface area contributed by atoms with Crippen molar-refractivity contribution in [1.82, 2.24) is 10.6 Å². The van der Waals surface area contributed by atoms with E-state index in [0.717, 1.165) is 24.8 Å². The molecule has 1 atom stereocenters. The maximum Gasteiger partial charge on any atom is 0.344 e. The van der Waals surface area contributed by atoms with E-state index in [9.17, 15) is 0 Å². The standard InChI is InChI=1S/C17H17N3S/c1-2-6-13-12(5-1)11-21-15-8-4-3-7-14(15)16(13)20-17-18-9-10-19-17/h1-8,16H,9-11H2,(H2,18,19,20)/p+1/t16-/m1/s1. The SMILES string of the molecule is c1ccc2c(c1)CSc1ccccc1[C@@H]2NC1=[NH+]CCN1. The molecule has 0 amide bonds. The molecule has 2 aromatic rings. The number of guanidine groups is 1. The van der Waals surface area contributed by atoms with Gasteiger partial charge in [-0.15, -0.1) is 11.8 Å². The Morgan fingerprint density at radius 3 is 2.71 bits per heavy atom. The van der Waals surface area contributed by atoms with Crippen LogP contribution in [0, 0.1) is 0 Å². The van der Waals surface area contributed by atoms with Crippen molar-refractivity contribution < 1.29 is 4.99 Å². The second-order valence-electron chi connectivity index (χ2n) is 5.33. The lowest BCUT2D eigenvalue weighted by Crippen LogP contribution is -2.74. The van der Waals surface area contributed by atoms with Crippen molar-refractivity contribution in [2.24, 2.45) is 0 Å². The lowest BCUT2D eigenvalue weighted by atomic mass is 9.95. The Bertz CT molecular complexity index is 648. The maximum atomic E-state index is 3.65. The molecule has 0 saturated carbocycles. The Balaban J connectivity index is 1.81. The van der Waals surface area contributed by atoms with Crippen LogP contribution in [0.4, 0.5) is 0 Å². The summed E-state index contributed by atoms with van der Waals surface area (Å²) in [6.45, 7) is 1.96. The number of rotatable bonds is 1. The van der Waals surface area contributed by atoms with Gasteiger partial charge in [0.15, 0.2) is 0 Å². The van der Waals surface area contributed by atoms with E-state index < -0.39 is 0 Å². The molecule has 2 aliphatic rings. The van der Waals surface area contributed by atoms with Crippen LogP contribution in [0.5, 0.6) is 0 Å². The Kier molecular flexibility index (Phi) is 3.31. The first kappa shape index (κ1) is 12.8. The zero-order valence-electron chi connectivity index (χ0n) is 11.7. The zero-order chi connectivity index (χ0) is 14.1. The molecular formula is C17H18N3S+. The Labute approximate surface area is 128 Å². The first-order valence-corrected chi connectivity index (χ1v) is 8.31. The highest BCUT2D eigenvalue weighted by Crippen LogP contribution is 2.38. The number of hydrogen-bond donors (Lipinski definition) is 3. The molecule has 0 unspecified atom stereocenters. The summed E-state index contributed by atoms with van der Waals surface area (Å²) in [6, 6.07) is 17.6. The van der Waals surface area contributed by atoms with E-state index in [0.29, 0.717) is 0 Å². The van der Waals surface area contributed by atoms with Crippen LogP contribution in [-0.4, -0.2) is 19.0 Å². The molecule has 0 radical (unpaired) electrons. The second kappa shape index (κ2) is 5.45. The summed E-state index contributed by atoms with van der Waals surface area (Å²) in [4.78, 5) is 4.74. The third-order valence-electron chi connectivity index (χ3n) is 4.00. The van der Waals surface area contributed by atoms with Gasteiger partial charge in [0, 0.05) is 16.2 Å². The summed E-state index contributed by atoms with van der Waals surface area (Å²) < 4.78 is 0. The molecule has 21 heavy (non-hydrogen) atoms. The van der Waals surface area contributed by atoms with Crippen LogP contribution < -0.4 is 15.6 Å². The third-order valence-corrected chi connectivity index (χ3v) is 5.13. The summed E-state index contributed by atoms with van der Waals surface area (Å²) >= 11 is 1.92. The molecule has 3 nitrogen and oxygen atoms in total. The molecule has 0 aliphatic carbocycles. The molecule has 2 heterocycles. The van der Waals surface area contributed by atoms with E-state index in [1.807, 2.05) is 11.8 Å². The van der Waals surface area contributed by atoms with Crippen LogP contribution in [0.25, 0.3) is 0 Å². The number of benzene rings is 2. The molecule has 4 heteroatoms. The van der Waals surface area contributed by atoms with Gasteiger partial charge in [0.05, 0.1) is 13.1 Å². The van der Waals surface area contributed by atoms with Crippen LogP contribution in [0.3, 0.4) is 0 Å². The average Bonchev–Trinajstić information content (AvgIpc) is 2.99. The number of fused-ring (bicyclic) bond motifs is 2.